The predicted octanol–water partition coefficient (Wildman–Crippen LogP) is 2.18. The van der Waals surface area contributed by atoms with Gasteiger partial charge in [0.25, 0.3) is 0 Å². The van der Waals surface area contributed by atoms with Crippen LogP contribution in [0.4, 0.5) is 5.95 Å². The van der Waals surface area contributed by atoms with Crippen molar-refractivity contribution in [2.24, 2.45) is 5.92 Å². The van der Waals surface area contributed by atoms with E-state index >= 15 is 0 Å². The van der Waals surface area contributed by atoms with E-state index in [4.69, 9.17) is 0 Å². The fraction of sp³-hybridized carbons (Fsp3) is 0.667. The molecule has 0 aromatic carbocycles. The molecule has 68 valence electrons. The molecule has 0 bridgehead atoms. The minimum Gasteiger partial charge on any atom is -0.356 e. The minimum atomic E-state index is 0.704. The summed E-state index contributed by atoms with van der Waals surface area (Å²) >= 11 is 0. The first-order valence-corrected chi connectivity index (χ1v) is 4.47. The van der Waals surface area contributed by atoms with E-state index in [9.17, 15) is 0 Å². The van der Waals surface area contributed by atoms with Crippen molar-refractivity contribution in [2.75, 3.05) is 11.9 Å². The number of hydrogen-bond donors (Lipinski definition) is 2. The molecule has 0 aliphatic carbocycles. The van der Waals surface area contributed by atoms with Gasteiger partial charge in [-0.1, -0.05) is 20.3 Å². The Balaban J connectivity index is 2.33. The second kappa shape index (κ2) is 4.14. The molecule has 0 saturated heterocycles. The molecular weight excluding hydrogens is 150 g/mol. The summed E-state index contributed by atoms with van der Waals surface area (Å²) in [5.74, 6) is 1.59. The number of aryl methyl sites for hydroxylation is 1. The lowest BCUT2D eigenvalue weighted by Crippen LogP contribution is -2.11. The highest BCUT2D eigenvalue weighted by atomic mass is 15.1. The van der Waals surface area contributed by atoms with E-state index in [-0.39, 0.29) is 0 Å². The summed E-state index contributed by atoms with van der Waals surface area (Å²) in [4.78, 5) is 7.29. The van der Waals surface area contributed by atoms with Crippen LogP contribution in [0.15, 0.2) is 6.20 Å². The number of imidazole rings is 1. The van der Waals surface area contributed by atoms with E-state index in [1.54, 1.807) is 0 Å². The SMILES string of the molecule is CCC(C)CNc1ncc(C)[nH]1. The zero-order valence-corrected chi connectivity index (χ0v) is 8.02. The maximum absolute atomic E-state index is 4.16. The van der Waals surface area contributed by atoms with Crippen molar-refractivity contribution in [1.82, 2.24) is 9.97 Å². The largest absolute Gasteiger partial charge is 0.356 e. The van der Waals surface area contributed by atoms with E-state index in [1.807, 2.05) is 13.1 Å². The molecule has 0 fully saturated rings. The third-order valence-electron chi connectivity index (χ3n) is 2.02. The van der Waals surface area contributed by atoms with Crippen molar-refractivity contribution >= 4 is 5.95 Å². The summed E-state index contributed by atoms with van der Waals surface area (Å²) in [6.45, 7) is 7.41. The number of nitrogens with one attached hydrogen (secondary N) is 2. The van der Waals surface area contributed by atoms with Crippen molar-refractivity contribution in [3.63, 3.8) is 0 Å². The van der Waals surface area contributed by atoms with Crippen molar-refractivity contribution in [3.05, 3.63) is 11.9 Å². The van der Waals surface area contributed by atoms with Crippen molar-refractivity contribution in [2.45, 2.75) is 27.2 Å². The normalized spacial score (nSPS) is 12.9. The van der Waals surface area contributed by atoms with Crippen LogP contribution in [0.3, 0.4) is 0 Å². The Morgan fingerprint density at radius 1 is 1.67 bits per heavy atom. The Morgan fingerprint density at radius 2 is 2.42 bits per heavy atom. The van der Waals surface area contributed by atoms with E-state index < -0.39 is 0 Å². The lowest BCUT2D eigenvalue weighted by Gasteiger charge is -2.08. The highest BCUT2D eigenvalue weighted by Gasteiger charge is 1.99. The molecule has 0 radical (unpaired) electrons. The molecule has 0 saturated carbocycles. The molecule has 1 aromatic heterocycles. The monoisotopic (exact) mass is 167 g/mol. The second-order valence-corrected chi connectivity index (χ2v) is 3.31. The first kappa shape index (κ1) is 9.10. The van der Waals surface area contributed by atoms with Crippen molar-refractivity contribution in [1.29, 1.82) is 0 Å². The van der Waals surface area contributed by atoms with E-state index in [0.29, 0.717) is 5.92 Å². The average molecular weight is 167 g/mol. The van der Waals surface area contributed by atoms with Gasteiger partial charge in [-0.2, -0.15) is 0 Å². The summed E-state index contributed by atoms with van der Waals surface area (Å²) < 4.78 is 0. The highest BCUT2D eigenvalue weighted by Crippen LogP contribution is 2.04. The van der Waals surface area contributed by atoms with Gasteiger partial charge < -0.3 is 10.3 Å². The molecule has 1 aromatic rings. The van der Waals surface area contributed by atoms with E-state index in [1.165, 1.54) is 6.42 Å². The van der Waals surface area contributed by atoms with Gasteiger partial charge in [-0.25, -0.2) is 4.98 Å². The molecule has 1 rings (SSSR count). The van der Waals surface area contributed by atoms with Gasteiger partial charge in [0.2, 0.25) is 0 Å². The standard InChI is InChI=1S/C9H17N3/c1-4-7(2)5-10-9-11-6-8(3)12-9/h6-7H,4-5H2,1-3H3,(H2,10,11,12). The van der Waals surface area contributed by atoms with Gasteiger partial charge in [0, 0.05) is 18.4 Å². The van der Waals surface area contributed by atoms with Gasteiger partial charge in [0.1, 0.15) is 0 Å². The third kappa shape index (κ3) is 2.57. The van der Waals surface area contributed by atoms with E-state index in [2.05, 4.69) is 29.1 Å². The smallest absolute Gasteiger partial charge is 0.200 e. The highest BCUT2D eigenvalue weighted by molar-refractivity contribution is 5.25. The lowest BCUT2D eigenvalue weighted by atomic mass is 10.1. The Labute approximate surface area is 73.6 Å². The zero-order valence-electron chi connectivity index (χ0n) is 8.02. The maximum Gasteiger partial charge on any atom is 0.200 e. The fourth-order valence-electron chi connectivity index (χ4n) is 0.918. The summed E-state index contributed by atoms with van der Waals surface area (Å²) in [5, 5.41) is 3.25. The molecule has 0 aliphatic rings. The maximum atomic E-state index is 4.16. The average Bonchev–Trinajstić information content (AvgIpc) is 2.47. The van der Waals surface area contributed by atoms with E-state index in [0.717, 1.165) is 18.2 Å². The number of rotatable bonds is 4. The van der Waals surface area contributed by atoms with Crippen molar-refractivity contribution in [3.8, 4) is 0 Å². The molecule has 3 nitrogen and oxygen atoms in total. The first-order chi connectivity index (χ1) is 5.72. The Bertz CT molecular complexity index is 229. The molecule has 3 heteroatoms. The van der Waals surface area contributed by atoms with Crippen LogP contribution in [-0.2, 0) is 0 Å². The molecule has 1 unspecified atom stereocenters. The van der Waals surface area contributed by atoms with Gasteiger partial charge in [-0.15, -0.1) is 0 Å². The molecule has 2 N–H and O–H groups in total. The molecule has 1 atom stereocenters. The quantitative estimate of drug-likeness (QED) is 0.721. The van der Waals surface area contributed by atoms with Gasteiger partial charge in [-0.05, 0) is 12.8 Å². The number of nitrogens with zero attached hydrogens (tertiary/aromatic N) is 1. The van der Waals surface area contributed by atoms with Gasteiger partial charge in [-0.3, -0.25) is 0 Å². The van der Waals surface area contributed by atoms with Crippen molar-refractivity contribution < 1.29 is 0 Å². The number of aromatic nitrogens is 2. The molecular formula is C9H17N3. The molecule has 0 amide bonds. The van der Waals surface area contributed by atoms with Gasteiger partial charge >= 0.3 is 0 Å². The van der Waals surface area contributed by atoms with Crippen LogP contribution in [0, 0.1) is 12.8 Å². The van der Waals surface area contributed by atoms with Crippen LogP contribution in [0.25, 0.3) is 0 Å². The lowest BCUT2D eigenvalue weighted by molar-refractivity contribution is 0.591. The first-order valence-electron chi connectivity index (χ1n) is 4.47. The summed E-state index contributed by atoms with van der Waals surface area (Å²) in [5.41, 5.74) is 1.10. The minimum absolute atomic E-state index is 0.704. The topological polar surface area (TPSA) is 40.7 Å². The fourth-order valence-corrected chi connectivity index (χ4v) is 0.918. The number of hydrogen-bond acceptors (Lipinski definition) is 2. The summed E-state index contributed by atoms with van der Waals surface area (Å²) in [7, 11) is 0. The van der Waals surface area contributed by atoms with Crippen LogP contribution in [0.2, 0.25) is 0 Å². The Hall–Kier alpha value is -0.990. The third-order valence-corrected chi connectivity index (χ3v) is 2.02. The van der Waals surface area contributed by atoms with Gasteiger partial charge in [0.05, 0.1) is 0 Å². The number of H-pyrrole nitrogens is 1. The summed E-state index contributed by atoms with van der Waals surface area (Å²) in [6.07, 6.45) is 3.03. The van der Waals surface area contributed by atoms with Gasteiger partial charge in [0.15, 0.2) is 5.95 Å². The van der Waals surface area contributed by atoms with Crippen LogP contribution in [0.1, 0.15) is 26.0 Å². The number of aromatic amines is 1. The van der Waals surface area contributed by atoms with Crippen LogP contribution in [0.5, 0.6) is 0 Å². The summed E-state index contributed by atoms with van der Waals surface area (Å²) in [6, 6.07) is 0. The molecule has 0 spiro atoms. The Kier molecular flexibility index (Phi) is 3.14. The predicted molar refractivity (Wildman–Crippen MR) is 51.3 cm³/mol. The molecule has 1 heterocycles. The van der Waals surface area contributed by atoms with Crippen LogP contribution >= 0.6 is 0 Å². The molecule has 0 aliphatic heterocycles. The Morgan fingerprint density at radius 3 is 2.92 bits per heavy atom. The second-order valence-electron chi connectivity index (χ2n) is 3.31. The van der Waals surface area contributed by atoms with Crippen LogP contribution < -0.4 is 5.32 Å². The zero-order chi connectivity index (χ0) is 8.97. The van der Waals surface area contributed by atoms with Crippen LogP contribution in [-0.4, -0.2) is 16.5 Å². The molecule has 12 heavy (non-hydrogen) atoms. The number of anilines is 1.